The molecule has 2 atom stereocenters. The van der Waals surface area contributed by atoms with E-state index in [1.54, 1.807) is 24.6 Å². The number of rotatable bonds is 6. The number of hydrogen-bond donors (Lipinski definition) is 3. The number of hydrogen-bond acceptors (Lipinski definition) is 5. The lowest BCUT2D eigenvalue weighted by Crippen LogP contribution is -2.48. The van der Waals surface area contributed by atoms with E-state index in [1.165, 1.54) is 11.3 Å². The smallest absolute Gasteiger partial charge is 0.319 e. The molecule has 8 heteroatoms. The molecule has 3 amide bonds. The maximum atomic E-state index is 12.0. The van der Waals surface area contributed by atoms with Crippen LogP contribution in [0.1, 0.15) is 27.2 Å². The maximum Gasteiger partial charge on any atom is 0.319 e. The fourth-order valence-corrected chi connectivity index (χ4v) is 2.45. The van der Waals surface area contributed by atoms with Crippen molar-refractivity contribution in [3.8, 4) is 10.6 Å². The third-order valence-corrected chi connectivity index (χ3v) is 4.23. The Morgan fingerprint density at radius 2 is 1.88 bits per heavy atom. The van der Waals surface area contributed by atoms with Crippen molar-refractivity contribution in [2.24, 2.45) is 0 Å². The molecule has 0 saturated carbocycles. The molecule has 1 heterocycles. The number of carbonyl (C=O) groups excluding carboxylic acids is 2. The number of nitrogens with one attached hydrogen (secondary N) is 3. The zero-order chi connectivity index (χ0) is 17.5. The Morgan fingerprint density at radius 3 is 2.46 bits per heavy atom. The third-order valence-electron chi connectivity index (χ3n) is 3.49. The van der Waals surface area contributed by atoms with Gasteiger partial charge in [0.1, 0.15) is 16.6 Å². The van der Waals surface area contributed by atoms with Crippen molar-refractivity contribution in [1.82, 2.24) is 20.8 Å². The maximum absolute atomic E-state index is 12.0. The number of amides is 3. The largest absolute Gasteiger partial charge is 0.352 e. The first-order chi connectivity index (χ1) is 11.5. The molecule has 0 aliphatic heterocycles. The number of benzene rings is 1. The van der Waals surface area contributed by atoms with E-state index in [2.05, 4.69) is 26.1 Å². The monoisotopic (exact) mass is 347 g/mol. The van der Waals surface area contributed by atoms with Crippen LogP contribution in [0.5, 0.6) is 0 Å². The molecule has 0 saturated heterocycles. The molecule has 0 aliphatic carbocycles. The van der Waals surface area contributed by atoms with Crippen molar-refractivity contribution >= 4 is 29.0 Å². The van der Waals surface area contributed by atoms with Crippen LogP contribution in [0.3, 0.4) is 0 Å². The summed E-state index contributed by atoms with van der Waals surface area (Å²) in [5, 5.41) is 16.8. The summed E-state index contributed by atoms with van der Waals surface area (Å²) in [6, 6.07) is 6.31. The van der Waals surface area contributed by atoms with E-state index in [9.17, 15) is 9.59 Å². The van der Waals surface area contributed by atoms with Crippen LogP contribution in [-0.4, -0.2) is 34.2 Å². The van der Waals surface area contributed by atoms with Gasteiger partial charge in [0.05, 0.1) is 0 Å². The topological polar surface area (TPSA) is 96.0 Å². The van der Waals surface area contributed by atoms with Crippen molar-refractivity contribution in [2.75, 3.05) is 5.32 Å². The van der Waals surface area contributed by atoms with Gasteiger partial charge in [-0.1, -0.05) is 18.3 Å². The second-order valence-electron chi connectivity index (χ2n) is 5.46. The second-order valence-corrected chi connectivity index (χ2v) is 6.29. The minimum Gasteiger partial charge on any atom is -0.352 e. The summed E-state index contributed by atoms with van der Waals surface area (Å²) in [6.07, 6.45) is 0.839. The van der Waals surface area contributed by atoms with Gasteiger partial charge in [0.2, 0.25) is 5.91 Å². The molecule has 24 heavy (non-hydrogen) atoms. The van der Waals surface area contributed by atoms with Gasteiger partial charge in [-0.3, -0.25) is 4.79 Å². The number of urea groups is 1. The van der Waals surface area contributed by atoms with E-state index < -0.39 is 12.1 Å². The van der Waals surface area contributed by atoms with Crippen molar-refractivity contribution in [3.05, 3.63) is 29.8 Å². The van der Waals surface area contributed by atoms with Crippen LogP contribution >= 0.6 is 11.3 Å². The normalized spacial score (nSPS) is 13.0. The van der Waals surface area contributed by atoms with Crippen molar-refractivity contribution in [1.29, 1.82) is 0 Å². The van der Waals surface area contributed by atoms with Crippen LogP contribution in [0.4, 0.5) is 10.5 Å². The standard InChI is InChI=1S/C16H21N5O2S/c1-4-10(2)18-14(22)11(3)19-16(23)20-13-7-5-12(6-8-13)15-21-17-9-24-15/h5-11H,4H2,1-3H3,(H,18,22)(H2,19,20,23)/t10-,11-/m1/s1. The Morgan fingerprint density at radius 1 is 1.17 bits per heavy atom. The van der Waals surface area contributed by atoms with Gasteiger partial charge in [0.25, 0.3) is 0 Å². The fourth-order valence-electron chi connectivity index (χ4n) is 1.89. The molecule has 0 fully saturated rings. The van der Waals surface area contributed by atoms with Gasteiger partial charge in [0, 0.05) is 17.3 Å². The quantitative estimate of drug-likeness (QED) is 0.748. The highest BCUT2D eigenvalue weighted by Gasteiger charge is 2.16. The van der Waals surface area contributed by atoms with E-state index in [0.29, 0.717) is 5.69 Å². The highest BCUT2D eigenvalue weighted by Crippen LogP contribution is 2.22. The summed E-state index contributed by atoms with van der Waals surface area (Å²) < 4.78 is 0. The highest BCUT2D eigenvalue weighted by molar-refractivity contribution is 7.12. The van der Waals surface area contributed by atoms with Gasteiger partial charge in [-0.25, -0.2) is 4.79 Å². The molecule has 2 rings (SSSR count). The number of nitrogens with zero attached hydrogens (tertiary/aromatic N) is 2. The van der Waals surface area contributed by atoms with Crippen LogP contribution in [0.2, 0.25) is 0 Å². The molecule has 0 unspecified atom stereocenters. The molecule has 3 N–H and O–H groups in total. The predicted octanol–water partition coefficient (Wildman–Crippen LogP) is 2.63. The molecular weight excluding hydrogens is 326 g/mol. The lowest BCUT2D eigenvalue weighted by molar-refractivity contribution is -0.123. The van der Waals surface area contributed by atoms with Crippen molar-refractivity contribution < 1.29 is 9.59 Å². The van der Waals surface area contributed by atoms with Crippen LogP contribution in [0, 0.1) is 0 Å². The first kappa shape index (κ1) is 17.9. The van der Waals surface area contributed by atoms with Crippen molar-refractivity contribution in [2.45, 2.75) is 39.3 Å². The van der Waals surface area contributed by atoms with Gasteiger partial charge in [0.15, 0.2) is 0 Å². The summed E-state index contributed by atoms with van der Waals surface area (Å²) in [4.78, 5) is 23.9. The Kier molecular flexibility index (Phi) is 6.25. The van der Waals surface area contributed by atoms with E-state index in [0.717, 1.165) is 17.0 Å². The number of carbonyl (C=O) groups is 2. The average molecular weight is 347 g/mol. The Hall–Kier alpha value is -2.48. The number of aromatic nitrogens is 2. The van der Waals surface area contributed by atoms with Gasteiger partial charge in [-0.05, 0) is 44.5 Å². The molecule has 0 bridgehead atoms. The molecule has 128 valence electrons. The van der Waals surface area contributed by atoms with Gasteiger partial charge in [-0.2, -0.15) is 0 Å². The highest BCUT2D eigenvalue weighted by atomic mass is 32.1. The minimum atomic E-state index is -0.611. The summed E-state index contributed by atoms with van der Waals surface area (Å²) in [5.74, 6) is -0.203. The zero-order valence-electron chi connectivity index (χ0n) is 13.9. The lowest BCUT2D eigenvalue weighted by atomic mass is 10.2. The molecule has 0 radical (unpaired) electrons. The SMILES string of the molecule is CC[C@@H](C)NC(=O)[C@@H](C)NC(=O)Nc1ccc(-c2nncs2)cc1. The Labute approximate surface area is 144 Å². The summed E-state index contributed by atoms with van der Waals surface area (Å²) in [7, 11) is 0. The molecule has 1 aromatic heterocycles. The Balaban J connectivity index is 1.87. The van der Waals surface area contributed by atoms with Gasteiger partial charge >= 0.3 is 6.03 Å². The second kappa shape index (κ2) is 8.39. The molecule has 1 aromatic carbocycles. The molecule has 0 spiro atoms. The van der Waals surface area contributed by atoms with Crippen LogP contribution in [0.15, 0.2) is 29.8 Å². The first-order valence-corrected chi connectivity index (χ1v) is 8.62. The van der Waals surface area contributed by atoms with E-state index >= 15 is 0 Å². The van der Waals surface area contributed by atoms with Crippen LogP contribution in [0.25, 0.3) is 10.6 Å². The molecule has 0 aliphatic rings. The Bertz CT molecular complexity index is 672. The van der Waals surface area contributed by atoms with Crippen LogP contribution in [-0.2, 0) is 4.79 Å². The summed E-state index contributed by atoms with van der Waals surface area (Å²) in [5.41, 5.74) is 3.24. The van der Waals surface area contributed by atoms with E-state index in [-0.39, 0.29) is 11.9 Å². The molecule has 7 nitrogen and oxygen atoms in total. The third kappa shape index (κ3) is 5.02. The minimum absolute atomic E-state index is 0.0812. The zero-order valence-corrected chi connectivity index (χ0v) is 14.7. The fraction of sp³-hybridized carbons (Fsp3) is 0.375. The summed E-state index contributed by atoms with van der Waals surface area (Å²) >= 11 is 1.45. The molecular formula is C16H21N5O2S. The predicted molar refractivity (Wildman–Crippen MR) is 94.9 cm³/mol. The van der Waals surface area contributed by atoms with Crippen molar-refractivity contribution in [3.63, 3.8) is 0 Å². The lowest BCUT2D eigenvalue weighted by Gasteiger charge is -2.17. The van der Waals surface area contributed by atoms with Crippen LogP contribution < -0.4 is 16.0 Å². The molecule has 2 aromatic rings. The first-order valence-electron chi connectivity index (χ1n) is 7.74. The average Bonchev–Trinajstić information content (AvgIpc) is 3.09. The summed E-state index contributed by atoms with van der Waals surface area (Å²) in [6.45, 7) is 5.56. The van der Waals surface area contributed by atoms with Gasteiger partial charge in [-0.15, -0.1) is 10.2 Å². The van der Waals surface area contributed by atoms with Gasteiger partial charge < -0.3 is 16.0 Å². The van der Waals surface area contributed by atoms with E-state index in [4.69, 9.17) is 0 Å². The number of anilines is 1. The van der Waals surface area contributed by atoms with E-state index in [1.807, 2.05) is 26.0 Å².